The third kappa shape index (κ3) is 1.59. The van der Waals surface area contributed by atoms with E-state index in [0.29, 0.717) is 9.80 Å². The molecule has 0 aliphatic heterocycles. The van der Waals surface area contributed by atoms with Crippen molar-refractivity contribution in [1.82, 2.24) is 14.9 Å². The SMILES string of the molecule is CCc1nnc(SC)n(N)c1=S. The van der Waals surface area contributed by atoms with Crippen LogP contribution in [0.15, 0.2) is 5.16 Å². The highest BCUT2D eigenvalue weighted by molar-refractivity contribution is 7.98. The van der Waals surface area contributed by atoms with E-state index in [-0.39, 0.29) is 0 Å². The van der Waals surface area contributed by atoms with Gasteiger partial charge in [-0.2, -0.15) is 0 Å². The van der Waals surface area contributed by atoms with Gasteiger partial charge in [-0.25, -0.2) is 4.68 Å². The van der Waals surface area contributed by atoms with Gasteiger partial charge in [0.2, 0.25) is 5.16 Å². The number of aryl methyl sites for hydroxylation is 1. The smallest absolute Gasteiger partial charge is 0.209 e. The van der Waals surface area contributed by atoms with Crippen LogP contribution in [0.4, 0.5) is 0 Å². The zero-order valence-corrected chi connectivity index (χ0v) is 8.58. The summed E-state index contributed by atoms with van der Waals surface area (Å²) in [6, 6.07) is 0. The molecule has 1 aromatic heterocycles. The summed E-state index contributed by atoms with van der Waals surface area (Å²) in [5, 5.41) is 8.50. The fourth-order valence-corrected chi connectivity index (χ4v) is 1.52. The average molecular weight is 202 g/mol. The molecule has 6 heteroatoms. The van der Waals surface area contributed by atoms with E-state index in [1.807, 2.05) is 13.2 Å². The van der Waals surface area contributed by atoms with Crippen molar-refractivity contribution in [2.45, 2.75) is 18.5 Å². The van der Waals surface area contributed by atoms with Gasteiger partial charge in [0.25, 0.3) is 0 Å². The van der Waals surface area contributed by atoms with Gasteiger partial charge in [-0.1, -0.05) is 30.9 Å². The molecular weight excluding hydrogens is 192 g/mol. The largest absolute Gasteiger partial charge is 0.336 e. The van der Waals surface area contributed by atoms with Gasteiger partial charge in [0.05, 0.1) is 5.69 Å². The van der Waals surface area contributed by atoms with E-state index in [4.69, 9.17) is 18.1 Å². The molecule has 0 fully saturated rings. The highest BCUT2D eigenvalue weighted by atomic mass is 32.2. The Morgan fingerprint density at radius 2 is 2.25 bits per heavy atom. The maximum Gasteiger partial charge on any atom is 0.209 e. The quantitative estimate of drug-likeness (QED) is 0.440. The van der Waals surface area contributed by atoms with Crippen LogP contribution in [-0.2, 0) is 6.42 Å². The summed E-state index contributed by atoms with van der Waals surface area (Å²) in [7, 11) is 0. The van der Waals surface area contributed by atoms with Gasteiger partial charge in [0.1, 0.15) is 0 Å². The van der Waals surface area contributed by atoms with Crippen molar-refractivity contribution in [3.63, 3.8) is 0 Å². The molecule has 0 unspecified atom stereocenters. The molecule has 0 saturated heterocycles. The Kier molecular flexibility index (Phi) is 3.05. The molecule has 1 rings (SSSR count). The van der Waals surface area contributed by atoms with Crippen LogP contribution in [0.5, 0.6) is 0 Å². The molecule has 1 heterocycles. The third-order valence-electron chi connectivity index (χ3n) is 1.45. The maximum absolute atomic E-state index is 5.66. The molecule has 0 spiro atoms. The Balaban J connectivity index is 3.30. The first-order chi connectivity index (χ1) is 5.70. The molecule has 0 amide bonds. The third-order valence-corrected chi connectivity index (χ3v) is 2.52. The number of thioether (sulfide) groups is 1. The number of hydrogen-bond acceptors (Lipinski definition) is 5. The topological polar surface area (TPSA) is 56.7 Å². The Bertz CT molecular complexity index is 333. The van der Waals surface area contributed by atoms with Crippen molar-refractivity contribution in [3.8, 4) is 0 Å². The summed E-state index contributed by atoms with van der Waals surface area (Å²) in [6.45, 7) is 1.97. The van der Waals surface area contributed by atoms with Gasteiger partial charge in [-0.15, -0.1) is 10.2 Å². The molecular formula is C6H10N4S2. The Morgan fingerprint density at radius 1 is 1.58 bits per heavy atom. The van der Waals surface area contributed by atoms with Crippen molar-refractivity contribution >= 4 is 24.0 Å². The van der Waals surface area contributed by atoms with Gasteiger partial charge in [0, 0.05) is 0 Å². The van der Waals surface area contributed by atoms with E-state index in [1.54, 1.807) is 0 Å². The van der Waals surface area contributed by atoms with Gasteiger partial charge >= 0.3 is 0 Å². The highest BCUT2D eigenvalue weighted by Gasteiger charge is 2.03. The molecule has 4 nitrogen and oxygen atoms in total. The second-order valence-corrected chi connectivity index (χ2v) is 3.32. The van der Waals surface area contributed by atoms with E-state index in [0.717, 1.165) is 12.1 Å². The zero-order chi connectivity index (χ0) is 9.14. The minimum atomic E-state index is 0.567. The summed E-state index contributed by atoms with van der Waals surface area (Å²) in [6.07, 6.45) is 2.64. The van der Waals surface area contributed by atoms with Gasteiger partial charge in [-0.3, -0.25) is 0 Å². The highest BCUT2D eigenvalue weighted by Crippen LogP contribution is 2.09. The average Bonchev–Trinajstić information content (AvgIpc) is 2.10. The Labute approximate surface area is 80.2 Å². The predicted molar refractivity (Wildman–Crippen MR) is 52.2 cm³/mol. The summed E-state index contributed by atoms with van der Waals surface area (Å²) >= 11 is 6.49. The minimum absolute atomic E-state index is 0.567. The Morgan fingerprint density at radius 3 is 2.75 bits per heavy atom. The molecule has 0 aromatic carbocycles. The standard InChI is InChI=1S/C6H10N4S2/c1-3-4-5(11)10(7)6(12-2)9-8-4/h3,7H2,1-2H3. The summed E-state index contributed by atoms with van der Waals surface area (Å²) in [5.74, 6) is 5.66. The van der Waals surface area contributed by atoms with Crippen LogP contribution >= 0.6 is 24.0 Å². The van der Waals surface area contributed by atoms with Crippen LogP contribution in [0.3, 0.4) is 0 Å². The molecule has 0 bridgehead atoms. The van der Waals surface area contributed by atoms with Gasteiger partial charge in [-0.05, 0) is 12.7 Å². The molecule has 1 aromatic rings. The summed E-state index contributed by atoms with van der Waals surface area (Å²) in [5.41, 5.74) is 0.769. The first-order valence-electron chi connectivity index (χ1n) is 3.48. The molecule has 0 aliphatic carbocycles. The lowest BCUT2D eigenvalue weighted by atomic mass is 10.4. The number of hydrogen-bond donors (Lipinski definition) is 1. The van der Waals surface area contributed by atoms with Crippen LogP contribution in [0.1, 0.15) is 12.6 Å². The van der Waals surface area contributed by atoms with Crippen molar-refractivity contribution in [1.29, 1.82) is 0 Å². The Hall–Kier alpha value is -0.620. The minimum Gasteiger partial charge on any atom is -0.336 e. The van der Waals surface area contributed by atoms with E-state index in [2.05, 4.69) is 10.2 Å². The van der Waals surface area contributed by atoms with Crippen molar-refractivity contribution in [2.24, 2.45) is 0 Å². The van der Waals surface area contributed by atoms with Crippen LogP contribution < -0.4 is 5.84 Å². The lowest BCUT2D eigenvalue weighted by molar-refractivity contribution is 0.687. The summed E-state index contributed by atoms with van der Waals surface area (Å²) in [4.78, 5) is 0. The van der Waals surface area contributed by atoms with Crippen LogP contribution in [0, 0.1) is 4.64 Å². The van der Waals surface area contributed by atoms with Gasteiger partial charge < -0.3 is 5.84 Å². The fraction of sp³-hybridized carbons (Fsp3) is 0.500. The summed E-state index contributed by atoms with van der Waals surface area (Å²) < 4.78 is 1.96. The first kappa shape index (κ1) is 9.47. The van der Waals surface area contributed by atoms with Crippen molar-refractivity contribution in [2.75, 3.05) is 12.1 Å². The maximum atomic E-state index is 5.66. The monoisotopic (exact) mass is 202 g/mol. The van der Waals surface area contributed by atoms with Crippen LogP contribution in [0.25, 0.3) is 0 Å². The van der Waals surface area contributed by atoms with Crippen molar-refractivity contribution in [3.05, 3.63) is 10.3 Å². The van der Waals surface area contributed by atoms with Crippen LogP contribution in [0.2, 0.25) is 0 Å². The number of nitrogen functional groups attached to an aromatic ring is 1. The molecule has 0 saturated carbocycles. The van der Waals surface area contributed by atoms with E-state index >= 15 is 0 Å². The fourth-order valence-electron chi connectivity index (χ4n) is 0.781. The molecule has 0 aliphatic rings. The second-order valence-electron chi connectivity index (χ2n) is 2.16. The number of nitrogens with zero attached hydrogens (tertiary/aromatic N) is 3. The number of nitrogens with two attached hydrogens (primary N) is 1. The number of aromatic nitrogens is 3. The molecule has 0 radical (unpaired) electrons. The normalized spacial score (nSPS) is 10.2. The van der Waals surface area contributed by atoms with E-state index in [9.17, 15) is 0 Å². The zero-order valence-electron chi connectivity index (χ0n) is 6.94. The van der Waals surface area contributed by atoms with E-state index in [1.165, 1.54) is 16.4 Å². The number of rotatable bonds is 2. The molecule has 12 heavy (non-hydrogen) atoms. The van der Waals surface area contributed by atoms with Crippen molar-refractivity contribution < 1.29 is 0 Å². The lowest BCUT2D eigenvalue weighted by Gasteiger charge is -2.05. The molecule has 66 valence electrons. The lowest BCUT2D eigenvalue weighted by Crippen LogP contribution is -2.17. The first-order valence-corrected chi connectivity index (χ1v) is 5.11. The molecule has 2 N–H and O–H groups in total. The van der Waals surface area contributed by atoms with Crippen LogP contribution in [-0.4, -0.2) is 21.1 Å². The van der Waals surface area contributed by atoms with Gasteiger partial charge in [0.15, 0.2) is 4.64 Å². The predicted octanol–water partition coefficient (Wildman–Crippen LogP) is 1.01. The second kappa shape index (κ2) is 3.86. The van der Waals surface area contributed by atoms with E-state index < -0.39 is 0 Å². The molecule has 0 atom stereocenters.